The number of rotatable bonds is 8. The molecule has 0 N–H and O–H groups in total. The SMILES string of the molecule is C=CCCCCOC(C)c1ccccc1[N+](=O)[O-]. The minimum absolute atomic E-state index is 0.121. The first-order valence-corrected chi connectivity index (χ1v) is 6.12. The van der Waals surface area contributed by atoms with Crippen LogP contribution in [0.1, 0.15) is 37.9 Å². The lowest BCUT2D eigenvalue weighted by Crippen LogP contribution is -2.05. The lowest BCUT2D eigenvalue weighted by Gasteiger charge is -2.13. The predicted molar refractivity (Wildman–Crippen MR) is 71.5 cm³/mol. The molecule has 1 unspecified atom stereocenters. The van der Waals surface area contributed by atoms with Gasteiger partial charge >= 0.3 is 0 Å². The summed E-state index contributed by atoms with van der Waals surface area (Å²) in [5, 5.41) is 10.9. The fourth-order valence-corrected chi connectivity index (χ4v) is 1.74. The summed E-state index contributed by atoms with van der Waals surface area (Å²) in [5.41, 5.74) is 0.752. The molecule has 4 heteroatoms. The zero-order valence-electron chi connectivity index (χ0n) is 10.7. The van der Waals surface area contributed by atoms with E-state index in [0.717, 1.165) is 19.3 Å². The molecule has 0 heterocycles. The lowest BCUT2D eigenvalue weighted by atomic mass is 10.1. The van der Waals surface area contributed by atoms with Crippen LogP contribution >= 0.6 is 0 Å². The van der Waals surface area contributed by atoms with Crippen molar-refractivity contribution in [2.24, 2.45) is 0 Å². The molecule has 0 spiro atoms. The first kappa shape index (κ1) is 14.4. The number of para-hydroxylation sites is 1. The number of hydrogen-bond acceptors (Lipinski definition) is 3. The van der Waals surface area contributed by atoms with Crippen LogP contribution in [0, 0.1) is 10.1 Å². The molecule has 0 aliphatic rings. The number of nitro groups is 1. The van der Waals surface area contributed by atoms with Gasteiger partial charge in [-0.25, -0.2) is 0 Å². The highest BCUT2D eigenvalue weighted by molar-refractivity contribution is 5.41. The molecular weight excluding hydrogens is 230 g/mol. The van der Waals surface area contributed by atoms with Gasteiger partial charge in [-0.15, -0.1) is 6.58 Å². The molecule has 0 fully saturated rings. The second kappa shape index (κ2) is 7.61. The molecule has 1 atom stereocenters. The van der Waals surface area contributed by atoms with Crippen LogP contribution in [-0.4, -0.2) is 11.5 Å². The minimum Gasteiger partial charge on any atom is -0.374 e. The van der Waals surface area contributed by atoms with Gasteiger partial charge in [0.2, 0.25) is 0 Å². The van der Waals surface area contributed by atoms with Crippen LogP contribution in [0.3, 0.4) is 0 Å². The fraction of sp³-hybridized carbons (Fsp3) is 0.429. The highest BCUT2D eigenvalue weighted by Crippen LogP contribution is 2.26. The summed E-state index contributed by atoms with van der Waals surface area (Å²) in [6.07, 6.45) is 4.58. The third-order valence-corrected chi connectivity index (χ3v) is 2.74. The number of unbranched alkanes of at least 4 members (excludes halogenated alkanes) is 2. The Morgan fingerprint density at radius 2 is 2.17 bits per heavy atom. The average Bonchev–Trinajstić information content (AvgIpc) is 2.38. The van der Waals surface area contributed by atoms with Crippen LogP contribution in [-0.2, 0) is 4.74 Å². The molecule has 0 bridgehead atoms. The summed E-state index contributed by atoms with van der Waals surface area (Å²) in [4.78, 5) is 10.5. The number of nitro benzene ring substituents is 1. The van der Waals surface area contributed by atoms with Gasteiger partial charge in [0.25, 0.3) is 5.69 Å². The van der Waals surface area contributed by atoms with Gasteiger partial charge in [-0.1, -0.05) is 18.2 Å². The molecule has 18 heavy (non-hydrogen) atoms. The van der Waals surface area contributed by atoms with Crippen molar-refractivity contribution in [3.8, 4) is 0 Å². The molecule has 1 aromatic carbocycles. The first-order chi connectivity index (χ1) is 8.66. The lowest BCUT2D eigenvalue weighted by molar-refractivity contribution is -0.386. The van der Waals surface area contributed by atoms with Gasteiger partial charge in [0.05, 0.1) is 16.6 Å². The monoisotopic (exact) mass is 249 g/mol. The van der Waals surface area contributed by atoms with Crippen molar-refractivity contribution in [3.63, 3.8) is 0 Å². The van der Waals surface area contributed by atoms with E-state index >= 15 is 0 Å². The molecule has 0 saturated heterocycles. The summed E-state index contributed by atoms with van der Waals surface area (Å²) in [6, 6.07) is 6.71. The zero-order chi connectivity index (χ0) is 13.4. The Morgan fingerprint density at radius 1 is 1.44 bits per heavy atom. The third kappa shape index (κ3) is 4.30. The average molecular weight is 249 g/mol. The molecule has 0 aromatic heterocycles. The van der Waals surface area contributed by atoms with Crippen molar-refractivity contribution < 1.29 is 9.66 Å². The Kier molecular flexibility index (Phi) is 6.08. The van der Waals surface area contributed by atoms with E-state index in [1.165, 1.54) is 6.07 Å². The normalized spacial score (nSPS) is 12.1. The molecule has 4 nitrogen and oxygen atoms in total. The molecular formula is C14H19NO3. The van der Waals surface area contributed by atoms with Gasteiger partial charge in [0.1, 0.15) is 0 Å². The summed E-state index contributed by atoms with van der Waals surface area (Å²) in [7, 11) is 0. The second-order valence-corrected chi connectivity index (χ2v) is 4.11. The number of allylic oxidation sites excluding steroid dienone is 1. The van der Waals surface area contributed by atoms with Crippen LogP contribution in [0.25, 0.3) is 0 Å². The van der Waals surface area contributed by atoms with Crippen LogP contribution < -0.4 is 0 Å². The van der Waals surface area contributed by atoms with Crippen LogP contribution in [0.2, 0.25) is 0 Å². The zero-order valence-corrected chi connectivity index (χ0v) is 10.7. The van der Waals surface area contributed by atoms with Crippen LogP contribution in [0.5, 0.6) is 0 Å². The number of ether oxygens (including phenoxy) is 1. The standard InChI is InChI=1S/C14H19NO3/c1-3-4-5-8-11-18-12(2)13-9-6-7-10-14(13)15(16)17/h3,6-7,9-10,12H,1,4-5,8,11H2,2H3. The van der Waals surface area contributed by atoms with E-state index in [9.17, 15) is 10.1 Å². The summed E-state index contributed by atoms with van der Waals surface area (Å²) in [5.74, 6) is 0. The molecule has 0 radical (unpaired) electrons. The molecule has 0 saturated carbocycles. The van der Waals surface area contributed by atoms with E-state index in [1.54, 1.807) is 18.2 Å². The smallest absolute Gasteiger partial charge is 0.275 e. The highest BCUT2D eigenvalue weighted by Gasteiger charge is 2.18. The van der Waals surface area contributed by atoms with Crippen molar-refractivity contribution in [2.75, 3.05) is 6.61 Å². The largest absolute Gasteiger partial charge is 0.374 e. The van der Waals surface area contributed by atoms with E-state index in [2.05, 4.69) is 6.58 Å². The third-order valence-electron chi connectivity index (χ3n) is 2.74. The Labute approximate surface area is 107 Å². The van der Waals surface area contributed by atoms with Gasteiger partial charge < -0.3 is 4.74 Å². The van der Waals surface area contributed by atoms with Crippen LogP contribution in [0.4, 0.5) is 5.69 Å². The maximum Gasteiger partial charge on any atom is 0.275 e. The first-order valence-electron chi connectivity index (χ1n) is 6.12. The Hall–Kier alpha value is -1.68. The Balaban J connectivity index is 2.53. The Morgan fingerprint density at radius 3 is 2.83 bits per heavy atom. The van der Waals surface area contributed by atoms with E-state index in [-0.39, 0.29) is 16.7 Å². The molecule has 0 aliphatic heterocycles. The minimum atomic E-state index is -0.368. The summed E-state index contributed by atoms with van der Waals surface area (Å²) >= 11 is 0. The topological polar surface area (TPSA) is 52.4 Å². The van der Waals surface area contributed by atoms with Gasteiger partial charge in [-0.2, -0.15) is 0 Å². The number of benzene rings is 1. The molecule has 98 valence electrons. The van der Waals surface area contributed by atoms with Gasteiger partial charge in [-0.3, -0.25) is 10.1 Å². The van der Waals surface area contributed by atoms with E-state index in [4.69, 9.17) is 4.74 Å². The maximum absolute atomic E-state index is 10.9. The molecule has 1 rings (SSSR count). The van der Waals surface area contributed by atoms with Gasteiger partial charge in [0, 0.05) is 12.7 Å². The van der Waals surface area contributed by atoms with E-state index < -0.39 is 0 Å². The number of hydrogen-bond donors (Lipinski definition) is 0. The van der Waals surface area contributed by atoms with Crippen molar-refractivity contribution in [2.45, 2.75) is 32.3 Å². The summed E-state index contributed by atoms with van der Waals surface area (Å²) < 4.78 is 5.63. The van der Waals surface area contributed by atoms with Crippen molar-refractivity contribution in [1.82, 2.24) is 0 Å². The quantitative estimate of drug-likeness (QED) is 0.302. The van der Waals surface area contributed by atoms with Gasteiger partial charge in [-0.05, 0) is 32.3 Å². The van der Waals surface area contributed by atoms with Gasteiger partial charge in [0.15, 0.2) is 0 Å². The van der Waals surface area contributed by atoms with Crippen molar-refractivity contribution in [3.05, 3.63) is 52.6 Å². The van der Waals surface area contributed by atoms with Crippen molar-refractivity contribution in [1.29, 1.82) is 0 Å². The van der Waals surface area contributed by atoms with Crippen LogP contribution in [0.15, 0.2) is 36.9 Å². The maximum atomic E-state index is 10.9. The second-order valence-electron chi connectivity index (χ2n) is 4.11. The molecule has 0 aliphatic carbocycles. The van der Waals surface area contributed by atoms with E-state index in [1.807, 2.05) is 13.0 Å². The molecule has 0 amide bonds. The molecule has 1 aromatic rings. The number of nitrogens with zero attached hydrogens (tertiary/aromatic N) is 1. The predicted octanol–water partition coefficient (Wildman–Crippen LogP) is 4.03. The Bertz CT molecular complexity index is 404. The fourth-order valence-electron chi connectivity index (χ4n) is 1.74. The van der Waals surface area contributed by atoms with E-state index in [0.29, 0.717) is 12.2 Å². The highest BCUT2D eigenvalue weighted by atomic mass is 16.6. The summed E-state index contributed by atoms with van der Waals surface area (Å²) in [6.45, 7) is 6.11. The van der Waals surface area contributed by atoms with Crippen molar-refractivity contribution >= 4 is 5.69 Å².